The van der Waals surface area contributed by atoms with Gasteiger partial charge in [0.15, 0.2) is 18.4 Å². The molecule has 0 aromatic carbocycles. The molecule has 2 atom stereocenters. The molecule has 15 heavy (non-hydrogen) atoms. The van der Waals surface area contributed by atoms with Gasteiger partial charge in [0.05, 0.1) is 0 Å². The van der Waals surface area contributed by atoms with Crippen molar-refractivity contribution in [3.63, 3.8) is 0 Å². The molecule has 0 aliphatic carbocycles. The summed E-state index contributed by atoms with van der Waals surface area (Å²) in [5, 5.41) is 11.1. The lowest BCUT2D eigenvalue weighted by atomic mass is 9.99. The Morgan fingerprint density at radius 3 is 2.73 bits per heavy atom. The highest BCUT2D eigenvalue weighted by Crippen LogP contribution is 2.14. The minimum absolute atomic E-state index is 0.0711. The fourth-order valence-corrected chi connectivity index (χ4v) is 1.66. The number of pyridine rings is 1. The van der Waals surface area contributed by atoms with Gasteiger partial charge in [-0.25, -0.2) is 0 Å². The molecule has 0 saturated carbocycles. The lowest BCUT2D eigenvalue weighted by Crippen LogP contribution is -2.52. The second kappa shape index (κ2) is 4.91. The van der Waals surface area contributed by atoms with Crippen LogP contribution in [0, 0.1) is 12.8 Å². The monoisotopic (exact) mass is 207 g/mol. The zero-order valence-corrected chi connectivity index (χ0v) is 9.43. The van der Waals surface area contributed by atoms with E-state index < -0.39 is 12.0 Å². The van der Waals surface area contributed by atoms with E-state index in [-0.39, 0.29) is 5.92 Å². The predicted molar refractivity (Wildman–Crippen MR) is 54.9 cm³/mol. The molecule has 1 aromatic heterocycles. The number of carboxylic acid groups (broad SMARTS) is 1. The normalized spacial score (nSPS) is 14.6. The van der Waals surface area contributed by atoms with Crippen LogP contribution in [0.3, 0.4) is 0 Å². The van der Waals surface area contributed by atoms with Crippen molar-refractivity contribution in [1.29, 1.82) is 0 Å². The van der Waals surface area contributed by atoms with E-state index in [2.05, 4.69) is 0 Å². The summed E-state index contributed by atoms with van der Waals surface area (Å²) in [6.45, 7) is 5.85. The van der Waals surface area contributed by atoms with Crippen molar-refractivity contribution in [2.24, 2.45) is 5.92 Å². The molecule has 0 saturated heterocycles. The van der Waals surface area contributed by atoms with Crippen LogP contribution < -0.4 is 9.67 Å². The lowest BCUT2D eigenvalue weighted by molar-refractivity contribution is -0.722. The minimum atomic E-state index is -1.01. The van der Waals surface area contributed by atoms with Crippen LogP contribution in [-0.4, -0.2) is 5.97 Å². The van der Waals surface area contributed by atoms with E-state index >= 15 is 0 Å². The molecule has 1 aromatic rings. The van der Waals surface area contributed by atoms with Crippen molar-refractivity contribution < 1.29 is 14.5 Å². The van der Waals surface area contributed by atoms with E-state index in [4.69, 9.17) is 0 Å². The first-order valence-electron chi connectivity index (χ1n) is 5.24. The van der Waals surface area contributed by atoms with Crippen LogP contribution in [0.25, 0.3) is 0 Å². The summed E-state index contributed by atoms with van der Waals surface area (Å²) in [6.07, 6.45) is 4.44. The van der Waals surface area contributed by atoms with Crippen molar-refractivity contribution in [2.75, 3.05) is 0 Å². The van der Waals surface area contributed by atoms with E-state index in [9.17, 15) is 9.90 Å². The van der Waals surface area contributed by atoms with Crippen molar-refractivity contribution in [3.8, 4) is 0 Å². The van der Waals surface area contributed by atoms with Crippen LogP contribution in [0.4, 0.5) is 0 Å². The number of carbonyl (C=O) groups is 1. The van der Waals surface area contributed by atoms with Crippen molar-refractivity contribution in [3.05, 3.63) is 30.1 Å². The van der Waals surface area contributed by atoms with Crippen LogP contribution in [0.5, 0.6) is 0 Å². The Labute approximate surface area is 90.4 Å². The SMILES string of the molecule is CC[C@H](C)[C@@H](C(=O)[O-])[n+]1cccc(C)c1. The fraction of sp³-hybridized carbons (Fsp3) is 0.500. The Morgan fingerprint density at radius 2 is 2.27 bits per heavy atom. The molecular formula is C12H17NO2. The number of hydrogen-bond donors (Lipinski definition) is 0. The molecule has 1 rings (SSSR count). The van der Waals surface area contributed by atoms with Crippen LogP contribution in [0.1, 0.15) is 31.9 Å². The molecule has 0 radical (unpaired) electrons. The van der Waals surface area contributed by atoms with E-state index in [0.29, 0.717) is 0 Å². The molecule has 0 fully saturated rings. The van der Waals surface area contributed by atoms with Gasteiger partial charge in [0, 0.05) is 17.5 Å². The number of aromatic nitrogens is 1. The van der Waals surface area contributed by atoms with E-state index in [1.807, 2.05) is 39.1 Å². The molecule has 3 nitrogen and oxygen atoms in total. The van der Waals surface area contributed by atoms with E-state index in [1.54, 1.807) is 10.8 Å². The molecule has 0 bridgehead atoms. The number of carboxylic acids is 1. The average molecular weight is 207 g/mol. The number of rotatable bonds is 4. The predicted octanol–water partition coefficient (Wildman–Crippen LogP) is 0.620. The van der Waals surface area contributed by atoms with Gasteiger partial charge in [-0.15, -0.1) is 0 Å². The standard InChI is InChI=1S/C12H17NO2/c1-4-10(3)11(12(14)15)13-7-5-6-9(2)8-13/h5-8,10-11H,4H2,1-3H3/t10-,11-/m0/s1. The van der Waals surface area contributed by atoms with Gasteiger partial charge < -0.3 is 9.90 Å². The van der Waals surface area contributed by atoms with Gasteiger partial charge in [-0.2, -0.15) is 4.57 Å². The van der Waals surface area contributed by atoms with Gasteiger partial charge in [-0.05, 0) is 19.4 Å². The number of nitrogens with zero attached hydrogens (tertiary/aromatic N) is 1. The van der Waals surface area contributed by atoms with Crippen LogP contribution in [-0.2, 0) is 4.79 Å². The maximum atomic E-state index is 11.1. The summed E-state index contributed by atoms with van der Waals surface area (Å²) < 4.78 is 1.72. The van der Waals surface area contributed by atoms with Gasteiger partial charge in [0.1, 0.15) is 5.97 Å². The number of aliphatic carboxylic acids is 1. The highest BCUT2D eigenvalue weighted by atomic mass is 16.4. The number of hydrogen-bond acceptors (Lipinski definition) is 2. The quantitative estimate of drug-likeness (QED) is 0.679. The fourth-order valence-electron chi connectivity index (χ4n) is 1.66. The van der Waals surface area contributed by atoms with Crippen molar-refractivity contribution >= 4 is 5.97 Å². The molecule has 0 N–H and O–H groups in total. The molecule has 0 amide bonds. The third-order valence-corrected chi connectivity index (χ3v) is 2.72. The molecule has 1 heterocycles. The maximum absolute atomic E-state index is 11.1. The molecule has 3 heteroatoms. The summed E-state index contributed by atoms with van der Waals surface area (Å²) in [7, 11) is 0. The largest absolute Gasteiger partial charge is 0.543 e. The Bertz CT molecular complexity index is 349. The first-order valence-corrected chi connectivity index (χ1v) is 5.24. The Morgan fingerprint density at radius 1 is 1.60 bits per heavy atom. The Hall–Kier alpha value is -1.38. The first kappa shape index (κ1) is 11.7. The van der Waals surface area contributed by atoms with Gasteiger partial charge in [0.2, 0.25) is 0 Å². The smallest absolute Gasteiger partial charge is 0.200 e. The van der Waals surface area contributed by atoms with E-state index in [1.165, 1.54) is 0 Å². The second-order valence-electron chi connectivity index (χ2n) is 3.98. The van der Waals surface area contributed by atoms with E-state index in [0.717, 1.165) is 12.0 Å². The third kappa shape index (κ3) is 2.78. The van der Waals surface area contributed by atoms with Crippen molar-refractivity contribution in [2.45, 2.75) is 33.2 Å². The zero-order chi connectivity index (χ0) is 11.4. The number of aryl methyl sites for hydroxylation is 1. The Balaban J connectivity index is 3.04. The molecular weight excluding hydrogens is 190 g/mol. The van der Waals surface area contributed by atoms with Crippen molar-refractivity contribution in [1.82, 2.24) is 0 Å². The summed E-state index contributed by atoms with van der Waals surface area (Å²) in [4.78, 5) is 11.1. The zero-order valence-electron chi connectivity index (χ0n) is 9.43. The van der Waals surface area contributed by atoms with Crippen LogP contribution in [0.15, 0.2) is 24.5 Å². The van der Waals surface area contributed by atoms with Gasteiger partial charge in [0.25, 0.3) is 0 Å². The molecule has 0 aliphatic heterocycles. The highest BCUT2D eigenvalue weighted by Gasteiger charge is 2.25. The van der Waals surface area contributed by atoms with Gasteiger partial charge in [-0.1, -0.05) is 13.8 Å². The summed E-state index contributed by atoms with van der Waals surface area (Å²) >= 11 is 0. The third-order valence-electron chi connectivity index (χ3n) is 2.72. The average Bonchev–Trinajstić information content (AvgIpc) is 2.17. The second-order valence-corrected chi connectivity index (χ2v) is 3.98. The topological polar surface area (TPSA) is 44.0 Å². The summed E-state index contributed by atoms with van der Waals surface area (Å²) in [6, 6.07) is 3.22. The minimum Gasteiger partial charge on any atom is -0.543 e. The maximum Gasteiger partial charge on any atom is 0.200 e. The Kier molecular flexibility index (Phi) is 3.83. The van der Waals surface area contributed by atoms with Gasteiger partial charge >= 0.3 is 0 Å². The lowest BCUT2D eigenvalue weighted by Gasteiger charge is -2.19. The molecule has 82 valence electrons. The van der Waals surface area contributed by atoms with Crippen LogP contribution in [0.2, 0.25) is 0 Å². The van der Waals surface area contributed by atoms with Crippen LogP contribution >= 0.6 is 0 Å². The van der Waals surface area contributed by atoms with Gasteiger partial charge in [-0.3, -0.25) is 0 Å². The summed E-state index contributed by atoms with van der Waals surface area (Å²) in [5.74, 6) is -0.943. The summed E-state index contributed by atoms with van der Waals surface area (Å²) in [5.41, 5.74) is 1.05. The molecule has 0 unspecified atom stereocenters. The molecule has 0 aliphatic rings. The first-order chi connectivity index (χ1) is 7.06. The highest BCUT2D eigenvalue weighted by molar-refractivity contribution is 5.67. The molecule has 0 spiro atoms. The number of carbonyl (C=O) groups excluding carboxylic acids is 1.